The average Bonchev–Trinajstić information content (AvgIpc) is 2.61. The number of hydrogen-bond donors (Lipinski definition) is 1. The largest absolute Gasteiger partial charge is 0.492 e. The third-order valence-corrected chi connectivity index (χ3v) is 4.03. The second-order valence-electron chi connectivity index (χ2n) is 5.65. The Morgan fingerprint density at radius 1 is 0.864 bits per heavy atom. The fraction of sp³-hybridized carbons (Fsp3) is 0.368. The lowest BCUT2D eigenvalue weighted by atomic mass is 10.1. The van der Waals surface area contributed by atoms with Crippen molar-refractivity contribution in [2.45, 2.75) is 19.3 Å². The highest BCUT2D eigenvalue weighted by atomic mass is 16.5. The molecule has 2 aromatic rings. The van der Waals surface area contributed by atoms with Crippen LogP contribution in [0.5, 0.6) is 5.75 Å². The summed E-state index contributed by atoms with van der Waals surface area (Å²) in [6.07, 6.45) is 3.95. The van der Waals surface area contributed by atoms with E-state index in [0.717, 1.165) is 12.3 Å². The minimum atomic E-state index is 0.665. The molecule has 3 heteroatoms. The maximum atomic E-state index is 5.74. The van der Waals surface area contributed by atoms with Crippen LogP contribution in [0, 0.1) is 0 Å². The molecule has 1 aliphatic rings. The molecule has 0 amide bonds. The van der Waals surface area contributed by atoms with Gasteiger partial charge in [0, 0.05) is 19.6 Å². The second-order valence-corrected chi connectivity index (χ2v) is 5.65. The molecule has 0 spiro atoms. The number of hydrogen-bond acceptors (Lipinski definition) is 3. The van der Waals surface area contributed by atoms with Gasteiger partial charge < -0.3 is 15.0 Å². The molecule has 0 saturated carbocycles. The first-order chi connectivity index (χ1) is 10.9. The van der Waals surface area contributed by atoms with E-state index >= 15 is 0 Å². The lowest BCUT2D eigenvalue weighted by molar-refractivity contribution is 0.333. The third-order valence-electron chi connectivity index (χ3n) is 4.03. The van der Waals surface area contributed by atoms with Crippen molar-refractivity contribution in [1.82, 2.24) is 0 Å². The molecule has 22 heavy (non-hydrogen) atoms. The topological polar surface area (TPSA) is 24.5 Å². The number of nitrogens with zero attached hydrogens (tertiary/aromatic N) is 1. The molecule has 1 N–H and O–H groups in total. The molecule has 0 radical (unpaired) electrons. The molecule has 0 aromatic heterocycles. The van der Waals surface area contributed by atoms with E-state index in [1.807, 2.05) is 30.3 Å². The Morgan fingerprint density at radius 2 is 1.59 bits per heavy atom. The van der Waals surface area contributed by atoms with E-state index in [-0.39, 0.29) is 0 Å². The van der Waals surface area contributed by atoms with Gasteiger partial charge in [-0.2, -0.15) is 0 Å². The van der Waals surface area contributed by atoms with Gasteiger partial charge in [0.25, 0.3) is 0 Å². The Labute approximate surface area is 132 Å². The predicted octanol–water partition coefficient (Wildman–Crippen LogP) is 4.17. The third kappa shape index (κ3) is 3.94. The molecule has 2 aromatic carbocycles. The van der Waals surface area contributed by atoms with Crippen LogP contribution in [-0.4, -0.2) is 26.2 Å². The van der Waals surface area contributed by atoms with Crippen molar-refractivity contribution >= 4 is 11.4 Å². The molecule has 1 aliphatic heterocycles. The first-order valence-corrected chi connectivity index (χ1v) is 8.19. The first-order valence-electron chi connectivity index (χ1n) is 8.19. The van der Waals surface area contributed by atoms with Gasteiger partial charge in [0.2, 0.25) is 0 Å². The zero-order chi connectivity index (χ0) is 15.0. The van der Waals surface area contributed by atoms with Crippen LogP contribution >= 0.6 is 0 Å². The Bertz CT molecular complexity index is 565. The highest BCUT2D eigenvalue weighted by molar-refractivity contribution is 5.70. The van der Waals surface area contributed by atoms with Gasteiger partial charge in [-0.3, -0.25) is 0 Å². The van der Waals surface area contributed by atoms with Crippen molar-refractivity contribution in [2.75, 3.05) is 36.5 Å². The summed E-state index contributed by atoms with van der Waals surface area (Å²) in [5.41, 5.74) is 2.53. The van der Waals surface area contributed by atoms with Crippen LogP contribution < -0.4 is 15.0 Å². The monoisotopic (exact) mass is 296 g/mol. The van der Waals surface area contributed by atoms with Gasteiger partial charge in [0.1, 0.15) is 12.4 Å². The number of para-hydroxylation sites is 3. The number of rotatable bonds is 6. The fourth-order valence-electron chi connectivity index (χ4n) is 2.90. The average molecular weight is 296 g/mol. The maximum absolute atomic E-state index is 5.74. The quantitative estimate of drug-likeness (QED) is 0.810. The van der Waals surface area contributed by atoms with Crippen molar-refractivity contribution in [2.24, 2.45) is 0 Å². The molecule has 1 fully saturated rings. The molecule has 1 heterocycles. The summed E-state index contributed by atoms with van der Waals surface area (Å²) in [7, 11) is 0. The molecular weight excluding hydrogens is 272 g/mol. The van der Waals surface area contributed by atoms with E-state index < -0.39 is 0 Å². The lowest BCUT2D eigenvalue weighted by Gasteiger charge is -2.30. The van der Waals surface area contributed by atoms with Gasteiger partial charge in [-0.1, -0.05) is 30.3 Å². The standard InChI is InChI=1S/C19H24N2O/c1-3-9-17(10-4-1)22-16-13-20-18-11-5-6-12-19(18)21-14-7-2-8-15-21/h1,3-6,9-12,20H,2,7-8,13-16H2. The van der Waals surface area contributed by atoms with Gasteiger partial charge in [-0.15, -0.1) is 0 Å². The minimum Gasteiger partial charge on any atom is -0.492 e. The normalized spacial score (nSPS) is 14.6. The van der Waals surface area contributed by atoms with E-state index in [0.29, 0.717) is 6.61 Å². The molecule has 1 saturated heterocycles. The Morgan fingerprint density at radius 3 is 2.41 bits per heavy atom. The number of piperidine rings is 1. The summed E-state index contributed by atoms with van der Waals surface area (Å²) >= 11 is 0. The Hall–Kier alpha value is -2.16. The van der Waals surface area contributed by atoms with Crippen LogP contribution in [0.4, 0.5) is 11.4 Å². The van der Waals surface area contributed by atoms with Crippen molar-refractivity contribution in [3.05, 3.63) is 54.6 Å². The zero-order valence-corrected chi connectivity index (χ0v) is 13.0. The molecule has 0 aliphatic carbocycles. The highest BCUT2D eigenvalue weighted by Crippen LogP contribution is 2.28. The van der Waals surface area contributed by atoms with E-state index in [4.69, 9.17) is 4.74 Å². The van der Waals surface area contributed by atoms with E-state index in [9.17, 15) is 0 Å². The summed E-state index contributed by atoms with van der Waals surface area (Å²) < 4.78 is 5.74. The van der Waals surface area contributed by atoms with Crippen molar-refractivity contribution in [3.63, 3.8) is 0 Å². The van der Waals surface area contributed by atoms with Crippen molar-refractivity contribution in [3.8, 4) is 5.75 Å². The van der Waals surface area contributed by atoms with Crippen molar-refractivity contribution in [1.29, 1.82) is 0 Å². The number of benzene rings is 2. The summed E-state index contributed by atoms with van der Waals surface area (Å²) in [6, 6.07) is 18.5. The Kier molecular flexibility index (Phi) is 5.19. The molecule has 3 rings (SSSR count). The molecule has 0 atom stereocenters. The predicted molar refractivity (Wildman–Crippen MR) is 92.9 cm³/mol. The first kappa shape index (κ1) is 14.8. The van der Waals surface area contributed by atoms with Gasteiger partial charge in [-0.05, 0) is 43.5 Å². The van der Waals surface area contributed by atoms with Crippen LogP contribution in [0.15, 0.2) is 54.6 Å². The highest BCUT2D eigenvalue weighted by Gasteiger charge is 2.13. The fourth-order valence-corrected chi connectivity index (χ4v) is 2.90. The van der Waals surface area contributed by atoms with E-state index in [1.165, 1.54) is 43.7 Å². The lowest BCUT2D eigenvalue weighted by Crippen LogP contribution is -2.30. The van der Waals surface area contributed by atoms with Crippen LogP contribution in [0.2, 0.25) is 0 Å². The molecule has 0 bridgehead atoms. The number of nitrogens with one attached hydrogen (secondary N) is 1. The van der Waals surface area contributed by atoms with E-state index in [2.05, 4.69) is 34.5 Å². The van der Waals surface area contributed by atoms with Gasteiger partial charge in [0.15, 0.2) is 0 Å². The van der Waals surface area contributed by atoms with Gasteiger partial charge >= 0.3 is 0 Å². The van der Waals surface area contributed by atoms with Gasteiger partial charge in [-0.25, -0.2) is 0 Å². The second kappa shape index (κ2) is 7.74. The minimum absolute atomic E-state index is 0.665. The molecule has 0 unspecified atom stereocenters. The number of ether oxygens (including phenoxy) is 1. The Balaban J connectivity index is 1.53. The summed E-state index contributed by atoms with van der Waals surface area (Å²) in [5, 5.41) is 3.51. The molecule has 116 valence electrons. The molecule has 3 nitrogen and oxygen atoms in total. The zero-order valence-electron chi connectivity index (χ0n) is 13.0. The summed E-state index contributed by atoms with van der Waals surface area (Å²) in [6.45, 7) is 3.80. The SMILES string of the molecule is c1ccc(OCCNc2ccccc2N2CCCCC2)cc1. The van der Waals surface area contributed by atoms with Crippen LogP contribution in [0.1, 0.15) is 19.3 Å². The van der Waals surface area contributed by atoms with Crippen LogP contribution in [0.25, 0.3) is 0 Å². The van der Waals surface area contributed by atoms with E-state index in [1.54, 1.807) is 0 Å². The van der Waals surface area contributed by atoms with Crippen molar-refractivity contribution < 1.29 is 4.74 Å². The maximum Gasteiger partial charge on any atom is 0.119 e. The molecular formula is C19H24N2O. The van der Waals surface area contributed by atoms with Crippen LogP contribution in [0.3, 0.4) is 0 Å². The van der Waals surface area contributed by atoms with Gasteiger partial charge in [0.05, 0.1) is 11.4 Å². The summed E-state index contributed by atoms with van der Waals surface area (Å²) in [4.78, 5) is 2.49. The summed E-state index contributed by atoms with van der Waals surface area (Å²) in [5.74, 6) is 0.925. The number of anilines is 2. The smallest absolute Gasteiger partial charge is 0.119 e. The van der Waals surface area contributed by atoms with Crippen LogP contribution in [-0.2, 0) is 0 Å².